The highest BCUT2D eigenvalue weighted by Gasteiger charge is 2.04. The molecule has 1 heterocycles. The highest BCUT2D eigenvalue weighted by molar-refractivity contribution is 5.73. The monoisotopic (exact) mass is 354 g/mol. The summed E-state index contributed by atoms with van der Waals surface area (Å²) in [5.74, 6) is 0. The Morgan fingerprint density at radius 1 is 0.741 bits per heavy atom. The molecule has 0 spiro atoms. The van der Waals surface area contributed by atoms with Gasteiger partial charge in [0.1, 0.15) is 5.52 Å². The maximum absolute atomic E-state index is 4.26. The maximum Gasteiger partial charge on any atom is 0.113 e. The van der Waals surface area contributed by atoms with Crippen molar-refractivity contribution in [2.75, 3.05) is 0 Å². The molecule has 0 atom stereocenters. The number of fused-ring (bicyclic) bond motifs is 1. The Balaban J connectivity index is 1.50. The minimum absolute atomic E-state index is 0.695. The van der Waals surface area contributed by atoms with E-state index in [0.29, 0.717) is 6.54 Å². The normalized spacial score (nSPS) is 11.3. The number of aromatic nitrogens is 3. The van der Waals surface area contributed by atoms with E-state index in [1.165, 1.54) is 11.1 Å². The van der Waals surface area contributed by atoms with Gasteiger partial charge < -0.3 is 4.90 Å². The van der Waals surface area contributed by atoms with E-state index < -0.39 is 0 Å². The van der Waals surface area contributed by atoms with Gasteiger partial charge in [-0.05, 0) is 35.5 Å². The van der Waals surface area contributed by atoms with Gasteiger partial charge in [0.15, 0.2) is 0 Å². The number of hydrogen-bond donors (Lipinski definition) is 0. The quantitative estimate of drug-likeness (QED) is 0.484. The topological polar surface area (TPSA) is 34.0 Å². The van der Waals surface area contributed by atoms with Crippen LogP contribution in [-0.4, -0.2) is 19.9 Å². The van der Waals surface area contributed by atoms with Crippen LogP contribution in [0.1, 0.15) is 11.1 Å². The van der Waals surface area contributed by atoms with E-state index in [0.717, 1.165) is 24.1 Å². The van der Waals surface area contributed by atoms with E-state index in [-0.39, 0.29) is 0 Å². The van der Waals surface area contributed by atoms with Gasteiger partial charge in [0.2, 0.25) is 0 Å². The van der Waals surface area contributed by atoms with Crippen molar-refractivity contribution in [1.82, 2.24) is 19.9 Å². The van der Waals surface area contributed by atoms with Gasteiger partial charge in [-0.2, -0.15) is 0 Å². The molecule has 4 aromatic rings. The summed E-state index contributed by atoms with van der Waals surface area (Å²) >= 11 is 0. The van der Waals surface area contributed by atoms with Gasteiger partial charge in [-0.1, -0.05) is 78.0 Å². The zero-order valence-electron chi connectivity index (χ0n) is 15.1. The van der Waals surface area contributed by atoms with Crippen LogP contribution in [0.5, 0.6) is 0 Å². The fraction of sp³-hybridized carbons (Fsp3) is 0.130. The van der Waals surface area contributed by atoms with Gasteiger partial charge >= 0.3 is 0 Å². The molecule has 3 aromatic carbocycles. The van der Waals surface area contributed by atoms with Crippen LogP contribution in [-0.2, 0) is 19.6 Å². The first-order chi connectivity index (χ1) is 13.4. The predicted octanol–water partition coefficient (Wildman–Crippen LogP) is 4.65. The number of para-hydroxylation sites is 1. The third-order valence-corrected chi connectivity index (χ3v) is 4.47. The smallest absolute Gasteiger partial charge is 0.113 e. The molecule has 4 heteroatoms. The average molecular weight is 354 g/mol. The molecule has 27 heavy (non-hydrogen) atoms. The number of rotatable bonds is 7. The second-order valence-corrected chi connectivity index (χ2v) is 6.52. The Bertz CT molecular complexity index is 965. The highest BCUT2D eigenvalue weighted by Crippen LogP contribution is 2.12. The Hall–Kier alpha value is -3.40. The molecule has 0 aliphatic heterocycles. The molecule has 0 aliphatic carbocycles. The van der Waals surface area contributed by atoms with Crippen LogP contribution >= 0.6 is 0 Å². The lowest BCUT2D eigenvalue weighted by Crippen LogP contribution is -2.16. The summed E-state index contributed by atoms with van der Waals surface area (Å²) in [4.78, 5) is 2.32. The van der Waals surface area contributed by atoms with Crippen LogP contribution in [0.2, 0.25) is 0 Å². The fourth-order valence-corrected chi connectivity index (χ4v) is 3.15. The molecular formula is C23H22N4. The molecular weight excluding hydrogens is 332 g/mol. The number of benzene rings is 3. The van der Waals surface area contributed by atoms with E-state index in [4.69, 9.17) is 0 Å². The van der Waals surface area contributed by atoms with E-state index in [9.17, 15) is 0 Å². The van der Waals surface area contributed by atoms with Gasteiger partial charge in [0.25, 0.3) is 0 Å². The van der Waals surface area contributed by atoms with Crippen molar-refractivity contribution in [2.24, 2.45) is 0 Å². The third kappa shape index (κ3) is 4.42. The summed E-state index contributed by atoms with van der Waals surface area (Å²) in [6, 6.07) is 29.1. The van der Waals surface area contributed by atoms with E-state index in [1.807, 2.05) is 22.9 Å². The van der Waals surface area contributed by atoms with Gasteiger partial charge in [-0.3, -0.25) is 0 Å². The largest absolute Gasteiger partial charge is 0.369 e. The SMILES string of the molecule is C(=C\N(Cc1ccccc1)Cc1ccccc1)/Cn1nnc2ccccc21. The molecule has 0 radical (unpaired) electrons. The van der Waals surface area contributed by atoms with Crippen LogP contribution < -0.4 is 0 Å². The summed E-state index contributed by atoms with van der Waals surface area (Å²) in [7, 11) is 0. The van der Waals surface area contributed by atoms with Crippen LogP contribution in [0.4, 0.5) is 0 Å². The summed E-state index contributed by atoms with van der Waals surface area (Å²) in [5.41, 5.74) is 4.57. The van der Waals surface area contributed by atoms with Crippen molar-refractivity contribution >= 4 is 11.0 Å². The van der Waals surface area contributed by atoms with E-state index in [1.54, 1.807) is 0 Å². The van der Waals surface area contributed by atoms with Gasteiger partial charge in [0.05, 0.1) is 12.1 Å². The summed E-state index contributed by atoms with van der Waals surface area (Å²) < 4.78 is 1.93. The first kappa shape index (κ1) is 17.0. The first-order valence-corrected chi connectivity index (χ1v) is 9.15. The predicted molar refractivity (Wildman–Crippen MR) is 109 cm³/mol. The van der Waals surface area contributed by atoms with Crippen molar-refractivity contribution in [3.05, 3.63) is 108 Å². The molecule has 0 saturated heterocycles. The second kappa shape index (κ2) is 8.32. The summed E-state index contributed by atoms with van der Waals surface area (Å²) in [6.45, 7) is 2.43. The van der Waals surface area contributed by atoms with Crippen molar-refractivity contribution in [3.63, 3.8) is 0 Å². The van der Waals surface area contributed by atoms with Crippen LogP contribution in [0.15, 0.2) is 97.2 Å². The van der Waals surface area contributed by atoms with Crippen molar-refractivity contribution in [3.8, 4) is 0 Å². The number of hydrogen-bond acceptors (Lipinski definition) is 3. The first-order valence-electron chi connectivity index (χ1n) is 9.15. The minimum Gasteiger partial charge on any atom is -0.369 e. The molecule has 4 nitrogen and oxygen atoms in total. The maximum atomic E-state index is 4.26. The lowest BCUT2D eigenvalue weighted by Gasteiger charge is -2.21. The molecule has 1 aromatic heterocycles. The third-order valence-electron chi connectivity index (χ3n) is 4.47. The molecule has 0 saturated carbocycles. The zero-order valence-corrected chi connectivity index (χ0v) is 15.1. The molecule has 0 N–H and O–H groups in total. The molecule has 134 valence electrons. The van der Waals surface area contributed by atoms with E-state index in [2.05, 4.69) is 94.2 Å². The van der Waals surface area contributed by atoms with Crippen molar-refractivity contribution in [2.45, 2.75) is 19.6 Å². The van der Waals surface area contributed by atoms with Crippen molar-refractivity contribution < 1.29 is 0 Å². The Morgan fingerprint density at radius 3 is 2.00 bits per heavy atom. The van der Waals surface area contributed by atoms with Crippen LogP contribution in [0.3, 0.4) is 0 Å². The standard InChI is InChI=1S/C23H22N4/c1-3-10-20(11-4-1)18-26(19-21-12-5-2-6-13-21)16-9-17-27-23-15-8-7-14-22(23)24-25-27/h1-16H,17-19H2/b16-9+. The lowest BCUT2D eigenvalue weighted by atomic mass is 10.2. The molecule has 0 amide bonds. The van der Waals surface area contributed by atoms with Gasteiger partial charge in [0, 0.05) is 13.1 Å². The summed E-state index contributed by atoms with van der Waals surface area (Å²) in [5, 5.41) is 8.47. The lowest BCUT2D eigenvalue weighted by molar-refractivity contribution is 0.360. The fourth-order valence-electron chi connectivity index (χ4n) is 3.15. The Morgan fingerprint density at radius 2 is 1.33 bits per heavy atom. The highest BCUT2D eigenvalue weighted by atomic mass is 15.4. The number of allylic oxidation sites excluding steroid dienone is 1. The van der Waals surface area contributed by atoms with E-state index >= 15 is 0 Å². The molecule has 0 bridgehead atoms. The molecule has 0 aliphatic rings. The average Bonchev–Trinajstić information content (AvgIpc) is 3.13. The van der Waals surface area contributed by atoms with Gasteiger partial charge in [-0.25, -0.2) is 4.68 Å². The van der Waals surface area contributed by atoms with Gasteiger partial charge in [-0.15, -0.1) is 5.10 Å². The molecule has 0 fully saturated rings. The summed E-state index contributed by atoms with van der Waals surface area (Å²) in [6.07, 6.45) is 4.31. The Labute approximate surface area is 159 Å². The number of nitrogens with zero attached hydrogens (tertiary/aromatic N) is 4. The van der Waals surface area contributed by atoms with Crippen LogP contribution in [0.25, 0.3) is 11.0 Å². The second-order valence-electron chi connectivity index (χ2n) is 6.52. The molecule has 4 rings (SSSR count). The molecule has 0 unspecified atom stereocenters. The Kier molecular flexibility index (Phi) is 5.25. The zero-order chi connectivity index (χ0) is 18.3. The van der Waals surface area contributed by atoms with Crippen LogP contribution in [0, 0.1) is 0 Å². The minimum atomic E-state index is 0.695. The van der Waals surface area contributed by atoms with Crippen molar-refractivity contribution in [1.29, 1.82) is 0 Å².